The summed E-state index contributed by atoms with van der Waals surface area (Å²) in [5.74, 6) is -0.987. The fourth-order valence-corrected chi connectivity index (χ4v) is 1.91. The van der Waals surface area contributed by atoms with Crippen LogP contribution < -0.4 is 5.32 Å². The van der Waals surface area contributed by atoms with Crippen LogP contribution in [-0.2, 0) is 11.2 Å². The van der Waals surface area contributed by atoms with Crippen molar-refractivity contribution in [3.63, 3.8) is 0 Å². The molecule has 1 aliphatic rings. The summed E-state index contributed by atoms with van der Waals surface area (Å²) in [6, 6.07) is 0. The second-order valence-corrected chi connectivity index (χ2v) is 4.17. The van der Waals surface area contributed by atoms with Gasteiger partial charge in [0.15, 0.2) is 12.1 Å². The van der Waals surface area contributed by atoms with Gasteiger partial charge in [0.25, 0.3) is 5.91 Å². The van der Waals surface area contributed by atoms with Crippen LogP contribution in [0, 0.1) is 0 Å². The van der Waals surface area contributed by atoms with Gasteiger partial charge in [-0.15, -0.1) is 0 Å². The highest BCUT2D eigenvalue weighted by atomic mass is 16.4. The van der Waals surface area contributed by atoms with E-state index in [1.165, 1.54) is 6.39 Å². The lowest BCUT2D eigenvalue weighted by Crippen LogP contribution is -2.59. The minimum Gasteiger partial charge on any atom is -0.480 e. The summed E-state index contributed by atoms with van der Waals surface area (Å²) < 4.78 is 5.04. The average molecular weight is 238 g/mol. The SMILES string of the molecule is CCc1ocnc1C(=O)NC1(C(=O)O)CCC1. The standard InChI is InChI=1S/C11H14N2O4/c1-2-7-8(12-6-17-7)9(14)13-11(10(15)16)4-3-5-11/h6H,2-5H2,1H3,(H,13,14)(H,15,16). The quantitative estimate of drug-likeness (QED) is 0.815. The van der Waals surface area contributed by atoms with Gasteiger partial charge >= 0.3 is 5.97 Å². The summed E-state index contributed by atoms with van der Waals surface area (Å²) in [5, 5.41) is 11.6. The van der Waals surface area contributed by atoms with Gasteiger partial charge in [-0.05, 0) is 19.3 Å². The van der Waals surface area contributed by atoms with E-state index in [9.17, 15) is 9.59 Å². The highest BCUT2D eigenvalue weighted by molar-refractivity contribution is 5.97. The monoisotopic (exact) mass is 238 g/mol. The minimum absolute atomic E-state index is 0.181. The third-order valence-electron chi connectivity index (χ3n) is 3.15. The predicted molar refractivity (Wildman–Crippen MR) is 57.6 cm³/mol. The van der Waals surface area contributed by atoms with Gasteiger partial charge in [0.2, 0.25) is 0 Å². The van der Waals surface area contributed by atoms with Crippen molar-refractivity contribution in [1.29, 1.82) is 0 Å². The number of nitrogens with one attached hydrogen (secondary N) is 1. The van der Waals surface area contributed by atoms with Gasteiger partial charge in [-0.2, -0.15) is 0 Å². The number of hydrogen-bond acceptors (Lipinski definition) is 4. The normalized spacial score (nSPS) is 17.2. The Balaban J connectivity index is 2.14. The van der Waals surface area contributed by atoms with Crippen molar-refractivity contribution in [2.75, 3.05) is 0 Å². The molecule has 0 atom stereocenters. The van der Waals surface area contributed by atoms with E-state index < -0.39 is 17.4 Å². The van der Waals surface area contributed by atoms with Gasteiger partial charge in [0.05, 0.1) is 0 Å². The molecule has 2 rings (SSSR count). The van der Waals surface area contributed by atoms with Crippen LogP contribution in [0.25, 0.3) is 0 Å². The predicted octanol–water partition coefficient (Wildman–Crippen LogP) is 0.974. The maximum Gasteiger partial charge on any atom is 0.329 e. The number of aryl methyl sites for hydroxylation is 1. The molecular formula is C11H14N2O4. The van der Waals surface area contributed by atoms with E-state index in [0.717, 1.165) is 6.42 Å². The number of amides is 1. The Hall–Kier alpha value is -1.85. The molecule has 1 aromatic heterocycles. The Kier molecular flexibility index (Phi) is 2.87. The number of aliphatic carboxylic acids is 1. The molecule has 92 valence electrons. The van der Waals surface area contributed by atoms with Crippen LogP contribution in [0.5, 0.6) is 0 Å². The zero-order chi connectivity index (χ0) is 12.5. The Bertz CT molecular complexity index is 448. The number of carboxylic acids is 1. The first-order valence-corrected chi connectivity index (χ1v) is 5.57. The number of oxazole rings is 1. The second-order valence-electron chi connectivity index (χ2n) is 4.17. The van der Waals surface area contributed by atoms with Crippen molar-refractivity contribution >= 4 is 11.9 Å². The molecule has 0 aromatic carbocycles. The zero-order valence-electron chi connectivity index (χ0n) is 9.52. The van der Waals surface area contributed by atoms with Gasteiger partial charge in [-0.25, -0.2) is 9.78 Å². The first kappa shape index (κ1) is 11.6. The summed E-state index contributed by atoms with van der Waals surface area (Å²) in [5.41, 5.74) is -0.929. The molecule has 1 aromatic rings. The van der Waals surface area contributed by atoms with Crippen molar-refractivity contribution in [2.24, 2.45) is 0 Å². The third kappa shape index (κ3) is 1.90. The molecule has 0 aliphatic heterocycles. The Labute approximate surface area is 98.0 Å². The van der Waals surface area contributed by atoms with Crippen LogP contribution in [0.4, 0.5) is 0 Å². The van der Waals surface area contributed by atoms with Crippen LogP contribution in [0.1, 0.15) is 42.4 Å². The van der Waals surface area contributed by atoms with E-state index in [1.54, 1.807) is 0 Å². The average Bonchev–Trinajstić information content (AvgIpc) is 2.70. The smallest absolute Gasteiger partial charge is 0.329 e. The summed E-state index contributed by atoms with van der Waals surface area (Å²) >= 11 is 0. The molecule has 1 fully saturated rings. The summed E-state index contributed by atoms with van der Waals surface area (Å²) in [7, 11) is 0. The first-order chi connectivity index (χ1) is 8.09. The van der Waals surface area contributed by atoms with Gasteiger partial charge in [-0.3, -0.25) is 4.79 Å². The number of rotatable bonds is 4. The molecule has 0 bridgehead atoms. The van der Waals surface area contributed by atoms with Gasteiger partial charge in [0.1, 0.15) is 11.3 Å². The van der Waals surface area contributed by atoms with E-state index in [4.69, 9.17) is 9.52 Å². The van der Waals surface area contributed by atoms with Crippen LogP contribution in [0.15, 0.2) is 10.8 Å². The molecule has 1 heterocycles. The number of carboxylic acid groups (broad SMARTS) is 1. The van der Waals surface area contributed by atoms with Crippen molar-refractivity contribution in [3.8, 4) is 0 Å². The van der Waals surface area contributed by atoms with Gasteiger partial charge < -0.3 is 14.8 Å². The number of hydrogen-bond donors (Lipinski definition) is 2. The molecule has 6 nitrogen and oxygen atoms in total. The fourth-order valence-electron chi connectivity index (χ4n) is 1.91. The van der Waals surface area contributed by atoms with Crippen molar-refractivity contribution in [1.82, 2.24) is 10.3 Å². The fraction of sp³-hybridized carbons (Fsp3) is 0.545. The molecule has 1 aliphatic carbocycles. The Morgan fingerprint density at radius 3 is 2.76 bits per heavy atom. The van der Waals surface area contributed by atoms with E-state index in [-0.39, 0.29) is 5.69 Å². The molecule has 6 heteroatoms. The number of aromatic nitrogens is 1. The first-order valence-electron chi connectivity index (χ1n) is 5.57. The highest BCUT2D eigenvalue weighted by Gasteiger charge is 2.46. The number of carbonyl (C=O) groups is 2. The van der Waals surface area contributed by atoms with E-state index in [1.807, 2.05) is 6.92 Å². The third-order valence-corrected chi connectivity index (χ3v) is 3.15. The second kappa shape index (κ2) is 4.20. The molecule has 2 N–H and O–H groups in total. The zero-order valence-corrected chi connectivity index (χ0v) is 9.52. The van der Waals surface area contributed by atoms with E-state index in [0.29, 0.717) is 25.0 Å². The highest BCUT2D eigenvalue weighted by Crippen LogP contribution is 2.32. The van der Waals surface area contributed by atoms with E-state index in [2.05, 4.69) is 10.3 Å². The lowest BCUT2D eigenvalue weighted by Gasteiger charge is -2.37. The molecule has 1 saturated carbocycles. The van der Waals surface area contributed by atoms with E-state index >= 15 is 0 Å². The summed E-state index contributed by atoms with van der Waals surface area (Å²) in [6.45, 7) is 1.84. The Morgan fingerprint density at radius 2 is 2.29 bits per heavy atom. The molecule has 1 amide bonds. The number of carbonyl (C=O) groups excluding carboxylic acids is 1. The summed E-state index contributed by atoms with van der Waals surface area (Å²) in [4.78, 5) is 26.8. The topological polar surface area (TPSA) is 92.4 Å². The van der Waals surface area contributed by atoms with Crippen LogP contribution in [-0.4, -0.2) is 27.5 Å². The van der Waals surface area contributed by atoms with Crippen molar-refractivity contribution < 1.29 is 19.1 Å². The maximum atomic E-state index is 11.9. The summed E-state index contributed by atoms with van der Waals surface area (Å²) in [6.07, 6.45) is 3.48. The lowest BCUT2D eigenvalue weighted by atomic mass is 9.76. The van der Waals surface area contributed by atoms with Gasteiger partial charge in [0, 0.05) is 6.42 Å². The van der Waals surface area contributed by atoms with Crippen molar-refractivity contribution in [3.05, 3.63) is 17.8 Å². The molecule has 0 unspecified atom stereocenters. The largest absolute Gasteiger partial charge is 0.480 e. The molecule has 0 radical (unpaired) electrons. The van der Waals surface area contributed by atoms with Gasteiger partial charge in [-0.1, -0.05) is 6.92 Å². The minimum atomic E-state index is -1.11. The van der Waals surface area contributed by atoms with Crippen LogP contribution in [0.2, 0.25) is 0 Å². The lowest BCUT2D eigenvalue weighted by molar-refractivity contribution is -0.148. The molecule has 17 heavy (non-hydrogen) atoms. The van der Waals surface area contributed by atoms with Crippen LogP contribution in [0.3, 0.4) is 0 Å². The molecule has 0 spiro atoms. The molecular weight excluding hydrogens is 224 g/mol. The van der Waals surface area contributed by atoms with Crippen molar-refractivity contribution in [2.45, 2.75) is 38.1 Å². The van der Waals surface area contributed by atoms with Crippen LogP contribution >= 0.6 is 0 Å². The maximum absolute atomic E-state index is 11.9. The number of nitrogens with zero attached hydrogens (tertiary/aromatic N) is 1. The molecule has 0 saturated heterocycles. The Morgan fingerprint density at radius 1 is 1.59 bits per heavy atom.